The zero-order chi connectivity index (χ0) is 15.4. The number of carbonyl (C=O) groups excluding carboxylic acids is 1. The highest BCUT2D eigenvalue weighted by molar-refractivity contribution is 5.79. The van der Waals surface area contributed by atoms with Gasteiger partial charge in [-0.25, -0.2) is 0 Å². The molecular weight excluding hydrogens is 262 g/mol. The SMILES string of the molecule is CC1CN(C(=O)C2CCCCC2)CC(C)N1CCN(C)C. The molecule has 2 atom stereocenters. The number of hydrogen-bond acceptors (Lipinski definition) is 3. The van der Waals surface area contributed by atoms with Gasteiger partial charge in [0, 0.05) is 44.2 Å². The third kappa shape index (κ3) is 4.43. The Morgan fingerprint density at radius 3 is 2.14 bits per heavy atom. The summed E-state index contributed by atoms with van der Waals surface area (Å²) in [7, 11) is 4.25. The maximum atomic E-state index is 12.7. The molecule has 4 nitrogen and oxygen atoms in total. The highest BCUT2D eigenvalue weighted by atomic mass is 16.2. The lowest BCUT2D eigenvalue weighted by molar-refractivity contribution is -0.141. The maximum Gasteiger partial charge on any atom is 0.225 e. The fourth-order valence-electron chi connectivity index (χ4n) is 3.90. The zero-order valence-corrected chi connectivity index (χ0v) is 14.3. The van der Waals surface area contributed by atoms with Crippen molar-refractivity contribution in [3.8, 4) is 0 Å². The molecule has 0 aromatic carbocycles. The molecular formula is C17H33N3O. The summed E-state index contributed by atoms with van der Waals surface area (Å²) in [6.07, 6.45) is 6.02. The second kappa shape index (κ2) is 7.59. The first-order valence-corrected chi connectivity index (χ1v) is 8.68. The predicted octanol–water partition coefficient (Wildman–Crippen LogP) is 2.05. The summed E-state index contributed by atoms with van der Waals surface area (Å²) in [4.78, 5) is 19.7. The predicted molar refractivity (Wildman–Crippen MR) is 87.3 cm³/mol. The topological polar surface area (TPSA) is 26.8 Å². The Balaban J connectivity index is 1.89. The summed E-state index contributed by atoms with van der Waals surface area (Å²) in [6, 6.07) is 0.947. The molecule has 122 valence electrons. The summed E-state index contributed by atoms with van der Waals surface area (Å²) >= 11 is 0. The molecule has 1 amide bonds. The van der Waals surface area contributed by atoms with Crippen LogP contribution in [0, 0.1) is 5.92 Å². The van der Waals surface area contributed by atoms with Crippen molar-refractivity contribution in [1.82, 2.24) is 14.7 Å². The maximum absolute atomic E-state index is 12.7. The molecule has 0 aromatic rings. The van der Waals surface area contributed by atoms with Crippen molar-refractivity contribution in [1.29, 1.82) is 0 Å². The highest BCUT2D eigenvalue weighted by Gasteiger charge is 2.34. The second-order valence-corrected chi connectivity index (χ2v) is 7.32. The van der Waals surface area contributed by atoms with Crippen LogP contribution in [-0.4, -0.2) is 73.0 Å². The molecule has 0 N–H and O–H groups in total. The summed E-state index contributed by atoms with van der Waals surface area (Å²) in [5.41, 5.74) is 0. The quantitative estimate of drug-likeness (QED) is 0.794. The largest absolute Gasteiger partial charge is 0.339 e. The van der Waals surface area contributed by atoms with Crippen LogP contribution in [0.15, 0.2) is 0 Å². The summed E-state index contributed by atoms with van der Waals surface area (Å²) in [6.45, 7) is 8.55. The van der Waals surface area contributed by atoms with Crippen LogP contribution < -0.4 is 0 Å². The van der Waals surface area contributed by atoms with E-state index < -0.39 is 0 Å². The molecule has 1 saturated carbocycles. The van der Waals surface area contributed by atoms with Crippen LogP contribution in [0.5, 0.6) is 0 Å². The number of nitrogens with zero attached hydrogens (tertiary/aromatic N) is 3. The average molecular weight is 295 g/mol. The van der Waals surface area contributed by atoms with Gasteiger partial charge in [-0.15, -0.1) is 0 Å². The minimum atomic E-state index is 0.312. The van der Waals surface area contributed by atoms with Crippen LogP contribution in [0.4, 0.5) is 0 Å². The molecule has 21 heavy (non-hydrogen) atoms. The average Bonchev–Trinajstić information content (AvgIpc) is 2.46. The minimum Gasteiger partial charge on any atom is -0.339 e. The zero-order valence-electron chi connectivity index (χ0n) is 14.3. The smallest absolute Gasteiger partial charge is 0.225 e. The molecule has 0 radical (unpaired) electrons. The summed E-state index contributed by atoms with van der Waals surface area (Å²) < 4.78 is 0. The summed E-state index contributed by atoms with van der Waals surface area (Å²) in [5, 5.41) is 0. The van der Waals surface area contributed by atoms with E-state index in [2.05, 4.69) is 42.6 Å². The van der Waals surface area contributed by atoms with Crippen LogP contribution in [0.3, 0.4) is 0 Å². The van der Waals surface area contributed by atoms with Gasteiger partial charge in [-0.1, -0.05) is 19.3 Å². The van der Waals surface area contributed by atoms with Gasteiger partial charge in [0.25, 0.3) is 0 Å². The number of carbonyl (C=O) groups is 1. The van der Waals surface area contributed by atoms with Gasteiger partial charge in [-0.3, -0.25) is 9.69 Å². The number of rotatable bonds is 4. The van der Waals surface area contributed by atoms with Gasteiger partial charge in [-0.05, 0) is 40.8 Å². The Bertz CT molecular complexity index is 327. The van der Waals surface area contributed by atoms with Crippen molar-refractivity contribution in [2.45, 2.75) is 58.0 Å². The Hall–Kier alpha value is -0.610. The van der Waals surface area contributed by atoms with Crippen molar-refractivity contribution in [2.24, 2.45) is 5.92 Å². The van der Waals surface area contributed by atoms with Crippen LogP contribution >= 0.6 is 0 Å². The van der Waals surface area contributed by atoms with Crippen LogP contribution in [-0.2, 0) is 4.79 Å². The molecule has 2 rings (SSSR count). The molecule has 2 aliphatic rings. The monoisotopic (exact) mass is 295 g/mol. The number of likely N-dealkylation sites (N-methyl/N-ethyl adjacent to an activating group) is 1. The van der Waals surface area contributed by atoms with Crippen LogP contribution in [0.1, 0.15) is 46.0 Å². The first-order chi connectivity index (χ1) is 9.99. The Morgan fingerprint density at radius 2 is 1.62 bits per heavy atom. The Labute approximate surface area is 130 Å². The van der Waals surface area contributed by atoms with E-state index in [-0.39, 0.29) is 0 Å². The lowest BCUT2D eigenvalue weighted by atomic mass is 9.88. The van der Waals surface area contributed by atoms with Crippen LogP contribution in [0.2, 0.25) is 0 Å². The fourth-order valence-corrected chi connectivity index (χ4v) is 3.90. The van der Waals surface area contributed by atoms with E-state index in [1.807, 2.05) is 0 Å². The van der Waals surface area contributed by atoms with E-state index in [1.54, 1.807) is 0 Å². The van der Waals surface area contributed by atoms with Gasteiger partial charge in [0.15, 0.2) is 0 Å². The third-order valence-electron chi connectivity index (χ3n) is 5.17. The van der Waals surface area contributed by atoms with Gasteiger partial charge >= 0.3 is 0 Å². The first kappa shape index (κ1) is 16.8. The number of amides is 1. The molecule has 1 aliphatic heterocycles. The molecule has 0 bridgehead atoms. The van der Waals surface area contributed by atoms with Gasteiger partial charge in [0.05, 0.1) is 0 Å². The van der Waals surface area contributed by atoms with E-state index in [4.69, 9.17) is 0 Å². The van der Waals surface area contributed by atoms with Crippen LogP contribution in [0.25, 0.3) is 0 Å². The van der Waals surface area contributed by atoms with Gasteiger partial charge in [0.2, 0.25) is 5.91 Å². The lowest BCUT2D eigenvalue weighted by Gasteiger charge is -2.45. The molecule has 4 heteroatoms. The van der Waals surface area contributed by atoms with Crippen molar-refractivity contribution in [3.63, 3.8) is 0 Å². The van der Waals surface area contributed by atoms with E-state index >= 15 is 0 Å². The molecule has 2 fully saturated rings. The van der Waals surface area contributed by atoms with E-state index in [0.29, 0.717) is 23.9 Å². The van der Waals surface area contributed by atoms with Crippen molar-refractivity contribution in [3.05, 3.63) is 0 Å². The van der Waals surface area contributed by atoms with Crippen molar-refractivity contribution < 1.29 is 4.79 Å². The van der Waals surface area contributed by atoms with E-state index in [9.17, 15) is 4.79 Å². The molecule has 2 unspecified atom stereocenters. The normalized spacial score (nSPS) is 29.1. The summed E-state index contributed by atoms with van der Waals surface area (Å²) in [5.74, 6) is 0.743. The highest BCUT2D eigenvalue weighted by Crippen LogP contribution is 2.27. The number of piperazine rings is 1. The van der Waals surface area contributed by atoms with Crippen molar-refractivity contribution in [2.75, 3.05) is 40.3 Å². The second-order valence-electron chi connectivity index (χ2n) is 7.32. The number of hydrogen-bond donors (Lipinski definition) is 0. The van der Waals surface area contributed by atoms with E-state index in [0.717, 1.165) is 39.0 Å². The minimum absolute atomic E-state index is 0.312. The Morgan fingerprint density at radius 1 is 1.05 bits per heavy atom. The first-order valence-electron chi connectivity index (χ1n) is 8.68. The van der Waals surface area contributed by atoms with E-state index in [1.165, 1.54) is 19.3 Å². The third-order valence-corrected chi connectivity index (χ3v) is 5.17. The Kier molecular flexibility index (Phi) is 6.06. The lowest BCUT2D eigenvalue weighted by Crippen LogP contribution is -2.59. The fraction of sp³-hybridized carbons (Fsp3) is 0.941. The molecule has 0 spiro atoms. The molecule has 1 heterocycles. The molecule has 0 aromatic heterocycles. The van der Waals surface area contributed by atoms with Gasteiger partial charge in [0.1, 0.15) is 0 Å². The molecule has 1 saturated heterocycles. The standard InChI is InChI=1S/C17H33N3O/c1-14-12-19(17(21)16-8-6-5-7-9-16)13-15(2)20(14)11-10-18(3)4/h14-16H,5-13H2,1-4H3. The molecule has 1 aliphatic carbocycles. The van der Waals surface area contributed by atoms with Gasteiger partial charge in [-0.2, -0.15) is 0 Å². The van der Waals surface area contributed by atoms with Gasteiger partial charge < -0.3 is 9.80 Å². The van der Waals surface area contributed by atoms with Crippen molar-refractivity contribution >= 4 is 5.91 Å².